The van der Waals surface area contributed by atoms with Crippen LogP contribution in [0.2, 0.25) is 0 Å². The number of rotatable bonds is 6. The highest BCUT2D eigenvalue weighted by Crippen LogP contribution is 2.31. The molecule has 2 N–H and O–H groups in total. The van der Waals surface area contributed by atoms with E-state index in [1.807, 2.05) is 50.5 Å². The number of hydrogen-bond acceptors (Lipinski definition) is 2. The number of primary amides is 1. The second-order valence-corrected chi connectivity index (χ2v) is 5.50. The van der Waals surface area contributed by atoms with Gasteiger partial charge in [-0.05, 0) is 43.8 Å². The number of benzene rings is 2. The highest BCUT2D eigenvalue weighted by molar-refractivity contribution is 5.85. The third-order valence-electron chi connectivity index (χ3n) is 3.63. The topological polar surface area (TPSA) is 46.3 Å². The van der Waals surface area contributed by atoms with Crippen LogP contribution in [0.3, 0.4) is 0 Å². The molecule has 110 valence electrons. The fourth-order valence-electron chi connectivity index (χ4n) is 2.52. The predicted molar refractivity (Wildman–Crippen MR) is 87.0 cm³/mol. The van der Waals surface area contributed by atoms with E-state index in [4.69, 9.17) is 5.73 Å². The molecule has 1 unspecified atom stereocenters. The van der Waals surface area contributed by atoms with E-state index >= 15 is 0 Å². The van der Waals surface area contributed by atoms with Gasteiger partial charge < -0.3 is 10.6 Å². The van der Waals surface area contributed by atoms with Crippen molar-refractivity contribution in [2.24, 2.45) is 5.73 Å². The van der Waals surface area contributed by atoms with E-state index in [1.165, 1.54) is 0 Å². The van der Waals surface area contributed by atoms with Gasteiger partial charge in [0.1, 0.15) is 0 Å². The molecule has 1 atom stereocenters. The monoisotopic (exact) mass is 282 g/mol. The van der Waals surface area contributed by atoms with Crippen molar-refractivity contribution in [2.75, 3.05) is 20.6 Å². The van der Waals surface area contributed by atoms with Gasteiger partial charge in [0.05, 0.1) is 5.92 Å². The van der Waals surface area contributed by atoms with Gasteiger partial charge in [-0.2, -0.15) is 0 Å². The van der Waals surface area contributed by atoms with Gasteiger partial charge in [-0.25, -0.2) is 0 Å². The summed E-state index contributed by atoms with van der Waals surface area (Å²) in [6, 6.07) is 18.1. The zero-order valence-electron chi connectivity index (χ0n) is 12.6. The Morgan fingerprint density at radius 3 is 2.29 bits per heavy atom. The smallest absolute Gasteiger partial charge is 0.225 e. The summed E-state index contributed by atoms with van der Waals surface area (Å²) >= 11 is 0. The summed E-state index contributed by atoms with van der Waals surface area (Å²) in [4.78, 5) is 14.0. The molecule has 0 bridgehead atoms. The van der Waals surface area contributed by atoms with Crippen LogP contribution >= 0.6 is 0 Å². The average Bonchev–Trinajstić information content (AvgIpc) is 2.48. The highest BCUT2D eigenvalue weighted by Gasteiger charge is 2.21. The maximum Gasteiger partial charge on any atom is 0.225 e. The third kappa shape index (κ3) is 3.92. The number of nitrogens with zero attached hydrogens (tertiary/aromatic N) is 1. The Bertz CT molecular complexity index is 593. The molecule has 0 aromatic heterocycles. The molecule has 0 radical (unpaired) electrons. The predicted octanol–water partition coefficient (Wildman–Crippen LogP) is 2.87. The van der Waals surface area contributed by atoms with Gasteiger partial charge in [0, 0.05) is 0 Å². The van der Waals surface area contributed by atoms with Crippen LogP contribution in [0.4, 0.5) is 0 Å². The normalized spacial score (nSPS) is 12.3. The maximum absolute atomic E-state index is 11.9. The molecule has 0 saturated heterocycles. The zero-order valence-corrected chi connectivity index (χ0v) is 12.6. The van der Waals surface area contributed by atoms with Gasteiger partial charge in [-0.1, -0.05) is 54.6 Å². The molecule has 3 heteroatoms. The number of amides is 1. The number of carbonyl (C=O) groups excluding carboxylic acids is 1. The zero-order chi connectivity index (χ0) is 15.2. The Morgan fingerprint density at radius 1 is 1.05 bits per heavy atom. The van der Waals surface area contributed by atoms with Crippen molar-refractivity contribution in [1.82, 2.24) is 4.90 Å². The van der Waals surface area contributed by atoms with Gasteiger partial charge in [0.2, 0.25) is 5.91 Å². The van der Waals surface area contributed by atoms with Crippen molar-refractivity contribution in [3.8, 4) is 11.1 Å². The lowest BCUT2D eigenvalue weighted by atomic mass is 9.88. The Hall–Kier alpha value is -2.13. The lowest BCUT2D eigenvalue weighted by Gasteiger charge is -2.20. The SMILES string of the molecule is CN(C)CCC(C(N)=O)c1ccccc1-c1ccccc1. The molecule has 1 amide bonds. The Kier molecular flexibility index (Phi) is 5.12. The van der Waals surface area contributed by atoms with Crippen molar-refractivity contribution in [3.63, 3.8) is 0 Å². The van der Waals surface area contributed by atoms with Crippen molar-refractivity contribution in [2.45, 2.75) is 12.3 Å². The van der Waals surface area contributed by atoms with Gasteiger partial charge in [-0.3, -0.25) is 4.79 Å². The Balaban J connectivity index is 2.39. The quantitative estimate of drug-likeness (QED) is 0.885. The molecule has 2 rings (SSSR count). The molecule has 0 aliphatic rings. The molecule has 0 aliphatic carbocycles. The molecule has 2 aromatic rings. The first-order chi connectivity index (χ1) is 10.1. The number of carbonyl (C=O) groups is 1. The highest BCUT2D eigenvalue weighted by atomic mass is 16.1. The number of hydrogen-bond donors (Lipinski definition) is 1. The first-order valence-corrected chi connectivity index (χ1v) is 7.18. The van der Waals surface area contributed by atoms with E-state index < -0.39 is 0 Å². The van der Waals surface area contributed by atoms with Crippen LogP contribution < -0.4 is 5.73 Å². The minimum atomic E-state index is -0.264. The van der Waals surface area contributed by atoms with E-state index in [-0.39, 0.29) is 11.8 Å². The van der Waals surface area contributed by atoms with E-state index in [2.05, 4.69) is 23.1 Å². The van der Waals surface area contributed by atoms with Gasteiger partial charge >= 0.3 is 0 Å². The van der Waals surface area contributed by atoms with E-state index in [1.54, 1.807) is 0 Å². The first-order valence-electron chi connectivity index (χ1n) is 7.18. The van der Waals surface area contributed by atoms with E-state index in [0.717, 1.165) is 29.7 Å². The summed E-state index contributed by atoms with van der Waals surface area (Å²) in [5.74, 6) is -0.524. The number of nitrogens with two attached hydrogens (primary N) is 1. The molecule has 0 fully saturated rings. The lowest BCUT2D eigenvalue weighted by Crippen LogP contribution is -2.26. The Morgan fingerprint density at radius 2 is 1.67 bits per heavy atom. The van der Waals surface area contributed by atoms with Crippen molar-refractivity contribution >= 4 is 5.91 Å². The summed E-state index contributed by atoms with van der Waals surface area (Å²) < 4.78 is 0. The van der Waals surface area contributed by atoms with E-state index in [0.29, 0.717) is 0 Å². The van der Waals surface area contributed by atoms with Gasteiger partial charge in [0.25, 0.3) is 0 Å². The molecule has 0 aliphatic heterocycles. The molecular formula is C18H22N2O. The fraction of sp³-hybridized carbons (Fsp3) is 0.278. The van der Waals surface area contributed by atoms with Crippen LogP contribution in [0.1, 0.15) is 17.9 Å². The largest absolute Gasteiger partial charge is 0.369 e. The first kappa shape index (κ1) is 15.3. The summed E-state index contributed by atoms with van der Waals surface area (Å²) in [5, 5.41) is 0. The average molecular weight is 282 g/mol. The van der Waals surface area contributed by atoms with Gasteiger partial charge in [0.15, 0.2) is 0 Å². The molecule has 3 nitrogen and oxygen atoms in total. The van der Waals surface area contributed by atoms with Crippen LogP contribution in [0.15, 0.2) is 54.6 Å². The van der Waals surface area contributed by atoms with Crippen LogP contribution in [0.25, 0.3) is 11.1 Å². The van der Waals surface area contributed by atoms with Crippen LogP contribution in [-0.2, 0) is 4.79 Å². The van der Waals surface area contributed by atoms with Crippen molar-refractivity contribution < 1.29 is 4.79 Å². The standard InChI is InChI=1S/C18H22N2O/c1-20(2)13-12-17(18(19)21)16-11-7-6-10-15(16)14-8-4-3-5-9-14/h3-11,17H,12-13H2,1-2H3,(H2,19,21). The van der Waals surface area contributed by atoms with Crippen molar-refractivity contribution in [1.29, 1.82) is 0 Å². The summed E-state index contributed by atoms with van der Waals surface area (Å²) in [6.07, 6.45) is 0.728. The van der Waals surface area contributed by atoms with Gasteiger partial charge in [-0.15, -0.1) is 0 Å². The maximum atomic E-state index is 11.9. The van der Waals surface area contributed by atoms with Crippen LogP contribution in [-0.4, -0.2) is 31.4 Å². The molecule has 0 heterocycles. The van der Waals surface area contributed by atoms with Crippen LogP contribution in [0, 0.1) is 0 Å². The Labute approximate surface area is 126 Å². The minimum absolute atomic E-state index is 0.260. The fourth-order valence-corrected chi connectivity index (χ4v) is 2.52. The van der Waals surface area contributed by atoms with Crippen LogP contribution in [0.5, 0.6) is 0 Å². The lowest BCUT2D eigenvalue weighted by molar-refractivity contribution is -0.119. The van der Waals surface area contributed by atoms with Crippen molar-refractivity contribution in [3.05, 3.63) is 60.2 Å². The second-order valence-electron chi connectivity index (χ2n) is 5.50. The molecule has 0 spiro atoms. The molecule has 0 saturated carbocycles. The molecular weight excluding hydrogens is 260 g/mol. The second kappa shape index (κ2) is 7.04. The summed E-state index contributed by atoms with van der Waals surface area (Å²) in [6.45, 7) is 0.830. The van der Waals surface area contributed by atoms with E-state index in [9.17, 15) is 4.79 Å². The third-order valence-corrected chi connectivity index (χ3v) is 3.63. The summed E-state index contributed by atoms with van der Waals surface area (Å²) in [7, 11) is 4.00. The summed E-state index contributed by atoms with van der Waals surface area (Å²) in [5.41, 5.74) is 8.86. The molecule has 2 aromatic carbocycles. The minimum Gasteiger partial charge on any atom is -0.369 e. The molecule has 21 heavy (non-hydrogen) atoms.